The minimum atomic E-state index is 0.0675. The molecule has 0 saturated heterocycles. The molecule has 0 N–H and O–H groups in total. The van der Waals surface area contributed by atoms with Gasteiger partial charge < -0.3 is 4.90 Å². The average Bonchev–Trinajstić information content (AvgIpc) is 2.33. The molecule has 2 nitrogen and oxygen atoms in total. The van der Waals surface area contributed by atoms with Gasteiger partial charge in [0.25, 0.3) is 5.91 Å². The topological polar surface area (TPSA) is 20.3 Å². The number of carbonyl (C=O) groups is 1. The SMILES string of the molecule is CCC(CSC)N(C)C(=O)c1cc(Br)cc(Br)c1. The Balaban J connectivity index is 2.91. The Labute approximate surface area is 130 Å². The number of carbonyl (C=O) groups excluding carboxylic acids is 1. The van der Waals surface area contributed by atoms with E-state index in [1.807, 2.05) is 30.1 Å². The molecule has 1 unspecified atom stereocenters. The van der Waals surface area contributed by atoms with Gasteiger partial charge in [0, 0.05) is 33.4 Å². The molecule has 1 atom stereocenters. The maximum atomic E-state index is 12.4. The van der Waals surface area contributed by atoms with Gasteiger partial charge in [-0.1, -0.05) is 38.8 Å². The van der Waals surface area contributed by atoms with Crippen LogP contribution in [0.3, 0.4) is 0 Å². The van der Waals surface area contributed by atoms with E-state index in [-0.39, 0.29) is 11.9 Å². The third kappa shape index (κ3) is 4.28. The van der Waals surface area contributed by atoms with Gasteiger partial charge in [-0.15, -0.1) is 0 Å². The molecular formula is C13H17Br2NOS. The first-order valence-corrected chi connectivity index (χ1v) is 8.69. The molecule has 1 rings (SSSR count). The third-order valence-electron chi connectivity index (χ3n) is 2.81. The Morgan fingerprint density at radius 3 is 2.33 bits per heavy atom. The first-order chi connectivity index (χ1) is 8.49. The first kappa shape index (κ1) is 16.1. The largest absolute Gasteiger partial charge is 0.338 e. The summed E-state index contributed by atoms with van der Waals surface area (Å²) >= 11 is 8.59. The van der Waals surface area contributed by atoms with Crippen molar-refractivity contribution in [2.45, 2.75) is 19.4 Å². The Hall–Kier alpha value is -0.000000000000000111. The number of nitrogens with zero attached hydrogens (tertiary/aromatic N) is 1. The van der Waals surface area contributed by atoms with Gasteiger partial charge in [-0.05, 0) is 30.9 Å². The number of halogens is 2. The van der Waals surface area contributed by atoms with Crippen molar-refractivity contribution < 1.29 is 4.79 Å². The standard InChI is InChI=1S/C13H17Br2NOS/c1-4-12(8-18-3)16(2)13(17)9-5-10(14)7-11(15)6-9/h5-7,12H,4,8H2,1-3H3. The van der Waals surface area contributed by atoms with Gasteiger partial charge in [-0.2, -0.15) is 11.8 Å². The van der Waals surface area contributed by atoms with Crippen LogP contribution in [0.25, 0.3) is 0 Å². The smallest absolute Gasteiger partial charge is 0.253 e. The molecule has 0 aromatic heterocycles. The van der Waals surface area contributed by atoms with Gasteiger partial charge in [0.2, 0.25) is 0 Å². The lowest BCUT2D eigenvalue weighted by Crippen LogP contribution is -2.38. The quantitative estimate of drug-likeness (QED) is 0.736. The zero-order valence-corrected chi connectivity index (χ0v) is 14.7. The zero-order valence-electron chi connectivity index (χ0n) is 10.7. The molecule has 18 heavy (non-hydrogen) atoms. The third-order valence-corrected chi connectivity index (χ3v) is 4.44. The molecule has 0 aliphatic carbocycles. The van der Waals surface area contributed by atoms with E-state index in [0.717, 1.165) is 21.1 Å². The monoisotopic (exact) mass is 393 g/mol. The summed E-state index contributed by atoms with van der Waals surface area (Å²) in [7, 11) is 1.88. The van der Waals surface area contributed by atoms with Crippen molar-refractivity contribution in [1.82, 2.24) is 4.90 Å². The summed E-state index contributed by atoms with van der Waals surface area (Å²) < 4.78 is 1.82. The maximum absolute atomic E-state index is 12.4. The summed E-state index contributed by atoms with van der Waals surface area (Å²) in [6.45, 7) is 2.11. The Bertz CT molecular complexity index is 405. The molecule has 1 aromatic carbocycles. The van der Waals surface area contributed by atoms with Gasteiger partial charge in [-0.25, -0.2) is 0 Å². The van der Waals surface area contributed by atoms with Crippen molar-refractivity contribution in [1.29, 1.82) is 0 Å². The number of thioether (sulfide) groups is 1. The summed E-state index contributed by atoms with van der Waals surface area (Å²) in [6, 6.07) is 5.92. The molecule has 0 aliphatic heterocycles. The van der Waals surface area contributed by atoms with Crippen LogP contribution in [0.5, 0.6) is 0 Å². The second-order valence-electron chi connectivity index (χ2n) is 4.09. The number of rotatable bonds is 5. The molecule has 1 aromatic rings. The Morgan fingerprint density at radius 2 is 1.89 bits per heavy atom. The highest BCUT2D eigenvalue weighted by Crippen LogP contribution is 2.22. The molecule has 0 spiro atoms. The highest BCUT2D eigenvalue weighted by Gasteiger charge is 2.19. The van der Waals surface area contributed by atoms with E-state index >= 15 is 0 Å². The summed E-state index contributed by atoms with van der Waals surface area (Å²) in [5, 5.41) is 0. The van der Waals surface area contributed by atoms with Gasteiger partial charge in [0.1, 0.15) is 0 Å². The van der Waals surface area contributed by atoms with Crippen molar-refractivity contribution in [2.24, 2.45) is 0 Å². The predicted molar refractivity (Wildman–Crippen MR) is 86.4 cm³/mol. The molecular weight excluding hydrogens is 378 g/mol. The van der Waals surface area contributed by atoms with Crippen LogP contribution in [0.2, 0.25) is 0 Å². The first-order valence-electron chi connectivity index (χ1n) is 5.71. The van der Waals surface area contributed by atoms with Crippen LogP contribution in [0.15, 0.2) is 27.1 Å². The fourth-order valence-electron chi connectivity index (χ4n) is 1.74. The second-order valence-corrected chi connectivity index (χ2v) is 6.83. The maximum Gasteiger partial charge on any atom is 0.253 e. The fraction of sp³-hybridized carbons (Fsp3) is 0.462. The van der Waals surface area contributed by atoms with Crippen LogP contribution in [0.1, 0.15) is 23.7 Å². The van der Waals surface area contributed by atoms with Crippen LogP contribution < -0.4 is 0 Å². The van der Waals surface area contributed by atoms with E-state index in [1.54, 1.807) is 11.8 Å². The fourth-order valence-corrected chi connectivity index (χ4v) is 3.88. The zero-order chi connectivity index (χ0) is 13.7. The van der Waals surface area contributed by atoms with Crippen LogP contribution in [0.4, 0.5) is 0 Å². The van der Waals surface area contributed by atoms with Gasteiger partial charge in [0.15, 0.2) is 0 Å². The highest BCUT2D eigenvalue weighted by molar-refractivity contribution is 9.11. The molecule has 0 aliphatic rings. The number of hydrogen-bond donors (Lipinski definition) is 0. The number of benzene rings is 1. The van der Waals surface area contributed by atoms with Crippen molar-refractivity contribution >= 4 is 49.5 Å². The van der Waals surface area contributed by atoms with E-state index in [0.29, 0.717) is 5.56 Å². The average molecular weight is 395 g/mol. The lowest BCUT2D eigenvalue weighted by Gasteiger charge is -2.27. The van der Waals surface area contributed by atoms with Crippen LogP contribution in [-0.4, -0.2) is 35.9 Å². The molecule has 100 valence electrons. The van der Waals surface area contributed by atoms with E-state index in [9.17, 15) is 4.79 Å². The molecule has 0 saturated carbocycles. The molecule has 0 radical (unpaired) electrons. The van der Waals surface area contributed by atoms with E-state index in [2.05, 4.69) is 45.0 Å². The van der Waals surface area contributed by atoms with E-state index in [4.69, 9.17) is 0 Å². The minimum absolute atomic E-state index is 0.0675. The highest BCUT2D eigenvalue weighted by atomic mass is 79.9. The van der Waals surface area contributed by atoms with Gasteiger partial charge in [0.05, 0.1) is 0 Å². The van der Waals surface area contributed by atoms with Gasteiger partial charge in [-0.3, -0.25) is 4.79 Å². The normalized spacial score (nSPS) is 12.3. The van der Waals surface area contributed by atoms with Crippen molar-refractivity contribution in [3.8, 4) is 0 Å². The van der Waals surface area contributed by atoms with Crippen molar-refractivity contribution in [3.63, 3.8) is 0 Å². The number of hydrogen-bond acceptors (Lipinski definition) is 2. The summed E-state index contributed by atoms with van der Waals surface area (Å²) in [4.78, 5) is 14.2. The summed E-state index contributed by atoms with van der Waals surface area (Å²) in [6.07, 6.45) is 3.04. The van der Waals surface area contributed by atoms with Crippen LogP contribution in [-0.2, 0) is 0 Å². The van der Waals surface area contributed by atoms with Crippen LogP contribution in [0, 0.1) is 0 Å². The Morgan fingerprint density at radius 1 is 1.33 bits per heavy atom. The van der Waals surface area contributed by atoms with Crippen molar-refractivity contribution in [3.05, 3.63) is 32.7 Å². The summed E-state index contributed by atoms with van der Waals surface area (Å²) in [5.74, 6) is 1.03. The van der Waals surface area contributed by atoms with Gasteiger partial charge >= 0.3 is 0 Å². The Kier molecular flexibility index (Phi) is 6.74. The van der Waals surface area contributed by atoms with E-state index < -0.39 is 0 Å². The molecule has 0 fully saturated rings. The second kappa shape index (κ2) is 7.56. The molecule has 0 heterocycles. The predicted octanol–water partition coefficient (Wildman–Crippen LogP) is 4.43. The molecule has 5 heteroatoms. The summed E-state index contributed by atoms with van der Waals surface area (Å²) in [5.41, 5.74) is 0.707. The minimum Gasteiger partial charge on any atom is -0.338 e. The number of amides is 1. The molecule has 1 amide bonds. The lowest BCUT2D eigenvalue weighted by atomic mass is 10.1. The van der Waals surface area contributed by atoms with Crippen molar-refractivity contribution in [2.75, 3.05) is 19.1 Å². The van der Waals surface area contributed by atoms with Crippen LogP contribution >= 0.6 is 43.6 Å². The van der Waals surface area contributed by atoms with E-state index in [1.165, 1.54) is 0 Å². The lowest BCUT2D eigenvalue weighted by molar-refractivity contribution is 0.0743. The molecule has 0 bridgehead atoms.